The van der Waals surface area contributed by atoms with Gasteiger partial charge in [-0.15, -0.1) is 0 Å². The normalized spacial score (nSPS) is 11.0. The predicted molar refractivity (Wildman–Crippen MR) is 108 cm³/mol. The molecule has 148 valence electrons. The van der Waals surface area contributed by atoms with Crippen LogP contribution >= 0.6 is 15.9 Å². The molecule has 3 aromatic rings. The van der Waals surface area contributed by atoms with Crippen LogP contribution in [0.3, 0.4) is 0 Å². The molecule has 0 aliphatic rings. The van der Waals surface area contributed by atoms with Crippen molar-refractivity contribution in [1.29, 1.82) is 0 Å². The van der Waals surface area contributed by atoms with Gasteiger partial charge < -0.3 is 10.6 Å². The van der Waals surface area contributed by atoms with E-state index in [1.807, 2.05) is 0 Å². The molecule has 0 unspecified atom stereocenters. The molecule has 4 nitrogen and oxygen atoms in total. The second-order valence-electron chi connectivity index (χ2n) is 6.01. The highest BCUT2D eigenvalue weighted by Gasteiger charge is 2.30. The van der Waals surface area contributed by atoms with E-state index in [-0.39, 0.29) is 16.9 Å². The Kier molecular flexibility index (Phi) is 6.03. The summed E-state index contributed by atoms with van der Waals surface area (Å²) in [5.74, 6) is -1.08. The Morgan fingerprint density at radius 1 is 0.759 bits per heavy atom. The van der Waals surface area contributed by atoms with Crippen LogP contribution in [0.5, 0.6) is 0 Å². The van der Waals surface area contributed by atoms with Gasteiger partial charge in [0, 0.05) is 10.2 Å². The fourth-order valence-electron chi connectivity index (χ4n) is 2.60. The third-order valence-electron chi connectivity index (χ3n) is 3.99. The first-order valence-corrected chi connectivity index (χ1v) is 9.18. The Hall–Kier alpha value is -3.13. The van der Waals surface area contributed by atoms with Gasteiger partial charge in [-0.25, -0.2) is 0 Å². The Morgan fingerprint density at radius 3 is 2.07 bits per heavy atom. The van der Waals surface area contributed by atoms with Crippen molar-refractivity contribution in [2.75, 3.05) is 10.6 Å². The highest BCUT2D eigenvalue weighted by Crippen LogP contribution is 2.31. The van der Waals surface area contributed by atoms with Crippen LogP contribution in [0.4, 0.5) is 24.5 Å². The SMILES string of the molecule is O=C(Nc1ccccc1C(=O)Nc1cccc(C(F)(F)F)c1)c1ccccc1Br. The zero-order valence-electron chi connectivity index (χ0n) is 14.8. The van der Waals surface area contributed by atoms with Gasteiger partial charge in [0.15, 0.2) is 0 Å². The summed E-state index contributed by atoms with van der Waals surface area (Å²) in [6.07, 6.45) is -4.52. The van der Waals surface area contributed by atoms with E-state index in [1.165, 1.54) is 24.3 Å². The molecule has 3 rings (SSSR count). The van der Waals surface area contributed by atoms with Crippen molar-refractivity contribution in [2.45, 2.75) is 6.18 Å². The Balaban J connectivity index is 1.83. The van der Waals surface area contributed by atoms with Crippen LogP contribution < -0.4 is 10.6 Å². The van der Waals surface area contributed by atoms with Crippen LogP contribution in [0.1, 0.15) is 26.3 Å². The molecule has 0 atom stereocenters. The first kappa shape index (κ1) is 20.6. The summed E-state index contributed by atoms with van der Waals surface area (Å²) < 4.78 is 39.2. The second-order valence-corrected chi connectivity index (χ2v) is 6.87. The van der Waals surface area contributed by atoms with Crippen LogP contribution in [-0.2, 0) is 6.18 Å². The van der Waals surface area contributed by atoms with Crippen molar-refractivity contribution in [3.63, 3.8) is 0 Å². The predicted octanol–water partition coefficient (Wildman–Crippen LogP) is 5.97. The van der Waals surface area contributed by atoms with Crippen molar-refractivity contribution in [2.24, 2.45) is 0 Å². The van der Waals surface area contributed by atoms with Gasteiger partial charge in [0.05, 0.1) is 22.4 Å². The number of carbonyl (C=O) groups is 2. The molecule has 0 heterocycles. The number of halogens is 4. The maximum absolute atomic E-state index is 12.9. The average molecular weight is 463 g/mol. The van der Waals surface area contributed by atoms with Crippen LogP contribution in [-0.4, -0.2) is 11.8 Å². The number of benzene rings is 3. The maximum Gasteiger partial charge on any atom is 0.416 e. The molecule has 8 heteroatoms. The van der Waals surface area contributed by atoms with E-state index in [2.05, 4.69) is 26.6 Å². The zero-order chi connectivity index (χ0) is 21.0. The minimum Gasteiger partial charge on any atom is -0.322 e. The molecule has 3 aromatic carbocycles. The van der Waals surface area contributed by atoms with Crippen molar-refractivity contribution in [3.8, 4) is 0 Å². The highest BCUT2D eigenvalue weighted by atomic mass is 79.9. The van der Waals surface area contributed by atoms with Crippen molar-refractivity contribution >= 4 is 39.1 Å². The molecule has 0 radical (unpaired) electrons. The summed E-state index contributed by atoms with van der Waals surface area (Å²) in [5, 5.41) is 5.10. The van der Waals surface area contributed by atoms with E-state index >= 15 is 0 Å². The van der Waals surface area contributed by atoms with E-state index in [4.69, 9.17) is 0 Å². The molecule has 29 heavy (non-hydrogen) atoms. The fourth-order valence-corrected chi connectivity index (χ4v) is 3.06. The smallest absolute Gasteiger partial charge is 0.322 e. The van der Waals surface area contributed by atoms with Gasteiger partial charge in [-0.2, -0.15) is 13.2 Å². The lowest BCUT2D eigenvalue weighted by Crippen LogP contribution is -2.18. The van der Waals surface area contributed by atoms with Gasteiger partial charge in [0.2, 0.25) is 0 Å². The van der Waals surface area contributed by atoms with Crippen LogP contribution in [0.25, 0.3) is 0 Å². The van der Waals surface area contributed by atoms with E-state index in [0.29, 0.717) is 10.0 Å². The molecular formula is C21H14BrF3N2O2. The van der Waals surface area contributed by atoms with Crippen molar-refractivity contribution < 1.29 is 22.8 Å². The average Bonchev–Trinajstić information content (AvgIpc) is 2.68. The van der Waals surface area contributed by atoms with E-state index in [9.17, 15) is 22.8 Å². The molecule has 0 spiro atoms. The van der Waals surface area contributed by atoms with E-state index < -0.39 is 23.6 Å². The summed E-state index contributed by atoms with van der Waals surface area (Å²) >= 11 is 3.29. The summed E-state index contributed by atoms with van der Waals surface area (Å²) in [6.45, 7) is 0. The minimum atomic E-state index is -4.52. The number of hydrogen-bond donors (Lipinski definition) is 2. The van der Waals surface area contributed by atoms with Gasteiger partial charge in [0.1, 0.15) is 0 Å². The fraction of sp³-hybridized carbons (Fsp3) is 0.0476. The maximum atomic E-state index is 12.9. The summed E-state index contributed by atoms with van der Waals surface area (Å²) in [7, 11) is 0. The number of para-hydroxylation sites is 1. The molecule has 2 N–H and O–H groups in total. The van der Waals surface area contributed by atoms with Crippen LogP contribution in [0, 0.1) is 0 Å². The number of hydrogen-bond acceptors (Lipinski definition) is 2. The molecule has 0 aliphatic heterocycles. The first-order chi connectivity index (χ1) is 13.8. The molecule has 2 amide bonds. The third kappa shape index (κ3) is 5.03. The highest BCUT2D eigenvalue weighted by molar-refractivity contribution is 9.10. The van der Waals surface area contributed by atoms with Crippen LogP contribution in [0.2, 0.25) is 0 Å². The summed E-state index contributed by atoms with van der Waals surface area (Å²) in [5.41, 5.74) is -0.147. The minimum absolute atomic E-state index is 0.00300. The molecule has 0 aromatic heterocycles. The molecule has 0 bridgehead atoms. The third-order valence-corrected chi connectivity index (χ3v) is 4.68. The Labute approximate surface area is 172 Å². The van der Waals surface area contributed by atoms with Gasteiger partial charge in [-0.05, 0) is 58.4 Å². The standard InChI is InChI=1S/C21H14BrF3N2O2/c22-17-10-3-1-8-15(17)19(28)27-18-11-4-2-9-16(18)20(29)26-14-7-5-6-13(12-14)21(23,24)25/h1-12H,(H,26,29)(H,27,28). The van der Waals surface area contributed by atoms with Gasteiger partial charge in [-0.3, -0.25) is 9.59 Å². The van der Waals surface area contributed by atoms with Gasteiger partial charge in [0.25, 0.3) is 11.8 Å². The summed E-state index contributed by atoms with van der Waals surface area (Å²) in [6, 6.07) is 17.4. The Morgan fingerprint density at radius 2 is 1.38 bits per heavy atom. The number of nitrogens with one attached hydrogen (secondary N) is 2. The lowest BCUT2D eigenvalue weighted by molar-refractivity contribution is -0.137. The van der Waals surface area contributed by atoms with Crippen molar-refractivity contribution in [1.82, 2.24) is 0 Å². The van der Waals surface area contributed by atoms with E-state index in [0.717, 1.165) is 12.1 Å². The second kappa shape index (κ2) is 8.48. The number of amides is 2. The largest absolute Gasteiger partial charge is 0.416 e. The number of alkyl halides is 3. The first-order valence-electron chi connectivity index (χ1n) is 8.39. The quantitative estimate of drug-likeness (QED) is 0.501. The molecule has 0 saturated heterocycles. The molecular weight excluding hydrogens is 449 g/mol. The number of anilines is 2. The molecule has 0 aliphatic carbocycles. The molecule has 0 fully saturated rings. The van der Waals surface area contributed by atoms with Gasteiger partial charge >= 0.3 is 6.18 Å². The van der Waals surface area contributed by atoms with Crippen molar-refractivity contribution in [3.05, 3.63) is 94.0 Å². The lowest BCUT2D eigenvalue weighted by Gasteiger charge is -2.13. The van der Waals surface area contributed by atoms with Crippen LogP contribution in [0.15, 0.2) is 77.3 Å². The monoisotopic (exact) mass is 462 g/mol. The summed E-state index contributed by atoms with van der Waals surface area (Å²) in [4.78, 5) is 25.2. The number of carbonyl (C=O) groups excluding carboxylic acids is 2. The van der Waals surface area contributed by atoms with E-state index in [1.54, 1.807) is 36.4 Å². The lowest BCUT2D eigenvalue weighted by atomic mass is 10.1. The topological polar surface area (TPSA) is 58.2 Å². The van der Waals surface area contributed by atoms with Gasteiger partial charge in [-0.1, -0.05) is 30.3 Å². The molecule has 0 saturated carbocycles. The number of rotatable bonds is 4. The zero-order valence-corrected chi connectivity index (χ0v) is 16.3. The Bertz CT molecular complexity index is 1070.